The first-order chi connectivity index (χ1) is 16.7. The van der Waals surface area contributed by atoms with E-state index in [1.54, 1.807) is 16.3 Å². The Morgan fingerprint density at radius 3 is 2.74 bits per heavy atom. The molecule has 1 saturated heterocycles. The second-order valence-electron chi connectivity index (χ2n) is 7.91. The Morgan fingerprint density at radius 1 is 1.03 bits per heavy atom. The fourth-order valence-corrected chi connectivity index (χ4v) is 5.74. The lowest BCUT2D eigenvalue weighted by Gasteiger charge is -2.24. The van der Waals surface area contributed by atoms with Crippen LogP contribution < -0.4 is 9.64 Å². The number of para-hydroxylation sites is 1. The normalized spacial score (nSPS) is 16.0. The highest BCUT2D eigenvalue weighted by Crippen LogP contribution is 2.42. The molecule has 0 bridgehead atoms. The van der Waals surface area contributed by atoms with Crippen LogP contribution in [0.1, 0.15) is 16.5 Å². The van der Waals surface area contributed by atoms with Gasteiger partial charge in [-0.05, 0) is 58.5 Å². The number of fused-ring (bicyclic) bond motifs is 3. The molecule has 9 heteroatoms. The number of aromatic nitrogens is 4. The molecule has 0 saturated carbocycles. The molecule has 168 valence electrons. The third-order valence-corrected chi connectivity index (χ3v) is 7.47. The quantitative estimate of drug-likeness (QED) is 0.302. The van der Waals surface area contributed by atoms with Crippen LogP contribution in [0.5, 0.6) is 5.75 Å². The first-order valence-electron chi connectivity index (χ1n) is 10.7. The van der Waals surface area contributed by atoms with Crippen molar-refractivity contribution in [1.82, 2.24) is 20.0 Å². The number of pyridine rings is 1. The predicted octanol–water partition coefficient (Wildman–Crippen LogP) is 5.40. The van der Waals surface area contributed by atoms with Gasteiger partial charge in [0.2, 0.25) is 5.91 Å². The number of carbonyl (C=O) groups excluding carboxylic acids is 1. The van der Waals surface area contributed by atoms with Crippen LogP contribution in [0.3, 0.4) is 0 Å². The molecule has 6 rings (SSSR count). The summed E-state index contributed by atoms with van der Waals surface area (Å²) < 4.78 is 8.77. The Balaban J connectivity index is 1.23. The second-order valence-corrected chi connectivity index (χ2v) is 9.89. The number of tetrazole rings is 1. The van der Waals surface area contributed by atoms with E-state index in [-0.39, 0.29) is 11.3 Å². The first kappa shape index (κ1) is 21.1. The van der Waals surface area contributed by atoms with Crippen LogP contribution >= 0.6 is 27.7 Å². The van der Waals surface area contributed by atoms with Crippen molar-refractivity contribution >= 4 is 55.8 Å². The van der Waals surface area contributed by atoms with E-state index >= 15 is 0 Å². The van der Waals surface area contributed by atoms with Gasteiger partial charge in [-0.15, -0.1) is 16.9 Å². The van der Waals surface area contributed by atoms with Crippen LogP contribution in [0.25, 0.3) is 16.6 Å². The van der Waals surface area contributed by atoms with Gasteiger partial charge in [-0.25, -0.2) is 0 Å². The molecule has 2 aromatic heterocycles. The van der Waals surface area contributed by atoms with Gasteiger partial charge >= 0.3 is 0 Å². The predicted molar refractivity (Wildman–Crippen MR) is 136 cm³/mol. The summed E-state index contributed by atoms with van der Waals surface area (Å²) >= 11 is 5.13. The van der Waals surface area contributed by atoms with E-state index < -0.39 is 0 Å². The molecule has 1 fully saturated rings. The van der Waals surface area contributed by atoms with Gasteiger partial charge in [-0.3, -0.25) is 9.69 Å². The van der Waals surface area contributed by atoms with Gasteiger partial charge in [0, 0.05) is 21.1 Å². The van der Waals surface area contributed by atoms with Crippen LogP contribution in [-0.4, -0.2) is 31.7 Å². The number of hydrogen-bond acceptors (Lipinski definition) is 6. The smallest absolute Gasteiger partial charge is 0.238 e. The van der Waals surface area contributed by atoms with Crippen LogP contribution in [0.15, 0.2) is 83.3 Å². The Bertz CT molecular complexity index is 1520. The minimum absolute atomic E-state index is 0.0713. The first-order valence-corrected chi connectivity index (χ1v) is 12.5. The number of amides is 1. The molecular formula is C25H18BrN5O2S. The van der Waals surface area contributed by atoms with E-state index in [9.17, 15) is 4.79 Å². The number of rotatable bonds is 5. The third kappa shape index (κ3) is 3.80. The topological polar surface area (TPSA) is 72.6 Å². The largest absolute Gasteiger partial charge is 0.489 e. The molecule has 1 aliphatic rings. The van der Waals surface area contributed by atoms with E-state index in [1.807, 2.05) is 77.7 Å². The fraction of sp³-hybridized carbons (Fsp3) is 0.120. The van der Waals surface area contributed by atoms with Gasteiger partial charge in [0.1, 0.15) is 17.7 Å². The van der Waals surface area contributed by atoms with E-state index in [1.165, 1.54) is 0 Å². The number of anilines is 1. The summed E-state index contributed by atoms with van der Waals surface area (Å²) in [6, 6.07) is 25.8. The zero-order chi connectivity index (χ0) is 23.1. The van der Waals surface area contributed by atoms with Crippen LogP contribution in [0, 0.1) is 0 Å². The van der Waals surface area contributed by atoms with Crippen molar-refractivity contribution in [1.29, 1.82) is 0 Å². The fourth-order valence-electron chi connectivity index (χ4n) is 4.18. The number of ether oxygens (including phenoxy) is 1. The van der Waals surface area contributed by atoms with Crippen molar-refractivity contribution < 1.29 is 9.53 Å². The maximum absolute atomic E-state index is 12.6. The highest BCUT2D eigenvalue weighted by molar-refractivity contribution is 9.10. The number of thioether (sulfide) groups is 1. The molecule has 0 spiro atoms. The summed E-state index contributed by atoms with van der Waals surface area (Å²) in [6.45, 7) is 0.342. The Labute approximate surface area is 207 Å². The highest BCUT2D eigenvalue weighted by Gasteiger charge is 2.34. The third-order valence-electron chi connectivity index (χ3n) is 5.77. The van der Waals surface area contributed by atoms with Crippen molar-refractivity contribution in [3.8, 4) is 5.75 Å². The summed E-state index contributed by atoms with van der Waals surface area (Å²) in [5, 5.41) is 13.1. The number of carbonyl (C=O) groups is 1. The minimum atomic E-state index is -0.0713. The maximum Gasteiger partial charge on any atom is 0.238 e. The van der Waals surface area contributed by atoms with Crippen LogP contribution in [-0.2, 0) is 11.4 Å². The molecule has 0 N–H and O–H groups in total. The molecule has 0 aliphatic carbocycles. The monoisotopic (exact) mass is 531 g/mol. The maximum atomic E-state index is 12.6. The van der Waals surface area contributed by atoms with Gasteiger partial charge in [0.15, 0.2) is 5.65 Å². The van der Waals surface area contributed by atoms with Gasteiger partial charge in [-0.1, -0.05) is 52.3 Å². The van der Waals surface area contributed by atoms with Gasteiger partial charge in [0.05, 0.1) is 11.3 Å². The molecule has 7 nitrogen and oxygen atoms in total. The van der Waals surface area contributed by atoms with Crippen molar-refractivity contribution in [3.63, 3.8) is 0 Å². The lowest BCUT2D eigenvalue weighted by atomic mass is 10.1. The zero-order valence-corrected chi connectivity index (χ0v) is 20.2. The number of benzene rings is 3. The van der Waals surface area contributed by atoms with E-state index in [4.69, 9.17) is 4.74 Å². The molecule has 3 heterocycles. The van der Waals surface area contributed by atoms with Crippen molar-refractivity contribution in [3.05, 3.63) is 94.5 Å². The summed E-state index contributed by atoms with van der Waals surface area (Å²) in [6.07, 6.45) is 0. The highest BCUT2D eigenvalue weighted by atomic mass is 79.9. The number of hydrogen-bond donors (Lipinski definition) is 0. The Morgan fingerprint density at radius 2 is 1.88 bits per heavy atom. The summed E-state index contributed by atoms with van der Waals surface area (Å²) in [7, 11) is 0. The molecule has 34 heavy (non-hydrogen) atoms. The summed E-state index contributed by atoms with van der Waals surface area (Å²) in [4.78, 5) is 14.5. The molecule has 1 aliphatic heterocycles. The summed E-state index contributed by atoms with van der Waals surface area (Å²) in [5.74, 6) is 1.31. The van der Waals surface area contributed by atoms with E-state index in [0.29, 0.717) is 18.0 Å². The van der Waals surface area contributed by atoms with Gasteiger partial charge in [0.25, 0.3) is 0 Å². The average Bonchev–Trinajstić information content (AvgIpc) is 3.50. The molecular weight excluding hydrogens is 514 g/mol. The molecule has 0 radical (unpaired) electrons. The number of halogens is 1. The van der Waals surface area contributed by atoms with Gasteiger partial charge in [-0.2, -0.15) is 4.52 Å². The zero-order valence-electron chi connectivity index (χ0n) is 17.8. The van der Waals surface area contributed by atoms with Gasteiger partial charge < -0.3 is 4.74 Å². The van der Waals surface area contributed by atoms with Crippen LogP contribution in [0.2, 0.25) is 0 Å². The summed E-state index contributed by atoms with van der Waals surface area (Å²) in [5.41, 5.74) is 4.48. The Kier molecular flexibility index (Phi) is 5.43. The van der Waals surface area contributed by atoms with Crippen molar-refractivity contribution in [2.24, 2.45) is 0 Å². The van der Waals surface area contributed by atoms with E-state index in [0.717, 1.165) is 37.9 Å². The molecule has 1 amide bonds. The molecule has 3 aromatic carbocycles. The lowest BCUT2D eigenvalue weighted by molar-refractivity contribution is -0.115. The Hall–Kier alpha value is -3.43. The SMILES string of the molecule is O=C1CSC(c2ccc(OCc3cc4ccccc4n4nnnc34)cc2)N1c1cccc(Br)c1. The van der Waals surface area contributed by atoms with E-state index in [2.05, 4.69) is 37.5 Å². The second kappa shape index (κ2) is 8.73. The van der Waals surface area contributed by atoms with Crippen molar-refractivity contribution in [2.75, 3.05) is 10.7 Å². The molecule has 1 atom stereocenters. The standard InChI is InChI=1S/C25H18BrN5O2S/c26-19-5-3-6-20(13-19)30-23(32)15-34-25(30)16-8-10-21(11-9-16)33-14-18-12-17-4-1-2-7-22(17)31-24(18)27-28-29-31/h1-13,25H,14-15H2. The minimum Gasteiger partial charge on any atom is -0.489 e. The number of nitrogens with zero attached hydrogens (tertiary/aromatic N) is 5. The molecule has 5 aromatic rings. The lowest BCUT2D eigenvalue weighted by Crippen LogP contribution is -2.27. The van der Waals surface area contributed by atoms with Crippen LogP contribution in [0.4, 0.5) is 5.69 Å². The molecule has 1 unspecified atom stereocenters. The van der Waals surface area contributed by atoms with Crippen molar-refractivity contribution in [2.45, 2.75) is 12.0 Å². The average molecular weight is 532 g/mol.